The van der Waals surface area contributed by atoms with E-state index in [1.807, 2.05) is 19.9 Å². The predicted molar refractivity (Wildman–Crippen MR) is 55.7 cm³/mol. The first-order valence-electron chi connectivity index (χ1n) is 4.19. The van der Waals surface area contributed by atoms with Crippen molar-refractivity contribution >= 4 is 15.9 Å². The van der Waals surface area contributed by atoms with Crippen molar-refractivity contribution < 1.29 is 4.74 Å². The fourth-order valence-corrected chi connectivity index (χ4v) is 1.37. The lowest BCUT2D eigenvalue weighted by molar-refractivity contribution is 0.321. The molecule has 72 valence electrons. The third kappa shape index (κ3) is 2.67. The van der Waals surface area contributed by atoms with E-state index in [4.69, 9.17) is 10.5 Å². The van der Waals surface area contributed by atoms with E-state index in [-0.39, 0.29) is 6.04 Å². The third-order valence-corrected chi connectivity index (χ3v) is 2.05. The number of hydrogen-bond donors (Lipinski definition) is 1. The van der Waals surface area contributed by atoms with E-state index in [0.717, 1.165) is 10.0 Å². The van der Waals surface area contributed by atoms with Crippen molar-refractivity contribution in [2.24, 2.45) is 5.73 Å². The number of aromatic nitrogens is 1. The van der Waals surface area contributed by atoms with Crippen molar-refractivity contribution in [3.8, 4) is 5.88 Å². The van der Waals surface area contributed by atoms with Gasteiger partial charge in [-0.15, -0.1) is 0 Å². The molecule has 0 spiro atoms. The van der Waals surface area contributed by atoms with Gasteiger partial charge < -0.3 is 10.5 Å². The minimum Gasteiger partial charge on any atom is -0.478 e. The molecule has 13 heavy (non-hydrogen) atoms. The van der Waals surface area contributed by atoms with Gasteiger partial charge in [-0.3, -0.25) is 0 Å². The summed E-state index contributed by atoms with van der Waals surface area (Å²) >= 11 is 3.34. The van der Waals surface area contributed by atoms with Crippen LogP contribution in [0.4, 0.5) is 0 Å². The van der Waals surface area contributed by atoms with Gasteiger partial charge >= 0.3 is 0 Å². The molecule has 0 aliphatic heterocycles. The Morgan fingerprint density at radius 2 is 2.38 bits per heavy atom. The number of halogens is 1. The molecule has 4 heteroatoms. The minimum atomic E-state index is -0.0634. The smallest absolute Gasteiger partial charge is 0.218 e. The highest BCUT2D eigenvalue weighted by Gasteiger charge is 2.09. The van der Waals surface area contributed by atoms with Gasteiger partial charge in [-0.25, -0.2) is 4.98 Å². The first-order valence-corrected chi connectivity index (χ1v) is 4.98. The molecular formula is C9H13BrN2O. The summed E-state index contributed by atoms with van der Waals surface area (Å²) in [5.41, 5.74) is 6.70. The number of nitrogens with zero attached hydrogens (tertiary/aromatic N) is 1. The molecule has 0 amide bonds. The highest BCUT2D eigenvalue weighted by atomic mass is 79.9. The van der Waals surface area contributed by atoms with Crippen molar-refractivity contribution in [3.63, 3.8) is 0 Å². The van der Waals surface area contributed by atoms with Crippen LogP contribution in [0.15, 0.2) is 16.7 Å². The van der Waals surface area contributed by atoms with Gasteiger partial charge in [0, 0.05) is 22.3 Å². The lowest BCUT2D eigenvalue weighted by Crippen LogP contribution is -2.09. The zero-order valence-electron chi connectivity index (χ0n) is 7.75. The molecule has 0 saturated carbocycles. The van der Waals surface area contributed by atoms with E-state index < -0.39 is 0 Å². The Morgan fingerprint density at radius 3 is 2.92 bits per heavy atom. The van der Waals surface area contributed by atoms with E-state index in [1.165, 1.54) is 0 Å². The first-order chi connectivity index (χ1) is 6.15. The summed E-state index contributed by atoms with van der Waals surface area (Å²) in [6.07, 6.45) is 1.71. The van der Waals surface area contributed by atoms with E-state index in [9.17, 15) is 0 Å². The van der Waals surface area contributed by atoms with Crippen LogP contribution in [0, 0.1) is 0 Å². The molecule has 0 bridgehead atoms. The molecule has 0 radical (unpaired) electrons. The van der Waals surface area contributed by atoms with Crippen molar-refractivity contribution in [1.29, 1.82) is 0 Å². The molecule has 0 saturated heterocycles. The van der Waals surface area contributed by atoms with Crippen LogP contribution in [0.1, 0.15) is 25.5 Å². The zero-order valence-corrected chi connectivity index (χ0v) is 9.34. The van der Waals surface area contributed by atoms with Crippen LogP contribution in [0.2, 0.25) is 0 Å². The molecule has 3 nitrogen and oxygen atoms in total. The van der Waals surface area contributed by atoms with Crippen LogP contribution in [0.3, 0.4) is 0 Å². The molecule has 0 aromatic carbocycles. The van der Waals surface area contributed by atoms with Crippen LogP contribution >= 0.6 is 15.9 Å². The second-order valence-electron chi connectivity index (χ2n) is 2.77. The maximum atomic E-state index is 5.77. The quantitative estimate of drug-likeness (QED) is 0.888. The monoisotopic (exact) mass is 244 g/mol. The Kier molecular flexibility index (Phi) is 3.69. The molecule has 1 atom stereocenters. The highest BCUT2D eigenvalue weighted by molar-refractivity contribution is 9.10. The summed E-state index contributed by atoms with van der Waals surface area (Å²) in [4.78, 5) is 4.14. The van der Waals surface area contributed by atoms with Crippen LogP contribution in [0.5, 0.6) is 5.88 Å². The SMILES string of the molecule is CCOc1ncc(Br)cc1[C@@H](C)N. The number of nitrogens with two attached hydrogens (primary N) is 1. The molecular weight excluding hydrogens is 232 g/mol. The Balaban J connectivity index is 3.03. The lowest BCUT2D eigenvalue weighted by atomic mass is 10.1. The van der Waals surface area contributed by atoms with E-state index in [0.29, 0.717) is 12.5 Å². The third-order valence-electron chi connectivity index (χ3n) is 1.62. The fraction of sp³-hybridized carbons (Fsp3) is 0.444. The first kappa shape index (κ1) is 10.5. The van der Waals surface area contributed by atoms with Gasteiger partial charge in [0.25, 0.3) is 0 Å². The Morgan fingerprint density at radius 1 is 1.69 bits per heavy atom. The van der Waals surface area contributed by atoms with E-state index in [2.05, 4.69) is 20.9 Å². The summed E-state index contributed by atoms with van der Waals surface area (Å²) in [5.74, 6) is 0.626. The van der Waals surface area contributed by atoms with Crippen molar-refractivity contribution in [1.82, 2.24) is 4.98 Å². The number of ether oxygens (including phenoxy) is 1. The van der Waals surface area contributed by atoms with Gasteiger partial charge in [0.2, 0.25) is 5.88 Å². The standard InChI is InChI=1S/C9H13BrN2O/c1-3-13-9-8(6(2)11)4-7(10)5-12-9/h4-6H,3,11H2,1-2H3/t6-/m1/s1. The van der Waals surface area contributed by atoms with Gasteiger partial charge in [-0.05, 0) is 35.8 Å². The minimum absolute atomic E-state index is 0.0634. The molecule has 0 aliphatic rings. The highest BCUT2D eigenvalue weighted by Crippen LogP contribution is 2.24. The van der Waals surface area contributed by atoms with Crippen molar-refractivity contribution in [3.05, 3.63) is 22.3 Å². The van der Waals surface area contributed by atoms with Gasteiger partial charge in [0.15, 0.2) is 0 Å². The van der Waals surface area contributed by atoms with Gasteiger partial charge in [-0.2, -0.15) is 0 Å². The molecule has 0 unspecified atom stereocenters. The maximum absolute atomic E-state index is 5.77. The summed E-state index contributed by atoms with van der Waals surface area (Å²) in [5, 5.41) is 0. The fourth-order valence-electron chi connectivity index (χ4n) is 1.03. The largest absolute Gasteiger partial charge is 0.478 e. The van der Waals surface area contributed by atoms with E-state index >= 15 is 0 Å². The zero-order chi connectivity index (χ0) is 9.84. The van der Waals surface area contributed by atoms with Crippen molar-refractivity contribution in [2.45, 2.75) is 19.9 Å². The summed E-state index contributed by atoms with van der Waals surface area (Å²) in [6.45, 7) is 4.44. The topological polar surface area (TPSA) is 48.1 Å². The molecule has 1 rings (SSSR count). The van der Waals surface area contributed by atoms with Crippen LogP contribution in [-0.4, -0.2) is 11.6 Å². The van der Waals surface area contributed by atoms with E-state index in [1.54, 1.807) is 6.20 Å². The van der Waals surface area contributed by atoms with Gasteiger partial charge in [0.1, 0.15) is 0 Å². The second kappa shape index (κ2) is 4.58. The average molecular weight is 245 g/mol. The lowest BCUT2D eigenvalue weighted by Gasteiger charge is -2.11. The molecule has 0 fully saturated rings. The molecule has 2 N–H and O–H groups in total. The number of hydrogen-bond acceptors (Lipinski definition) is 3. The van der Waals surface area contributed by atoms with Crippen molar-refractivity contribution in [2.75, 3.05) is 6.61 Å². The average Bonchev–Trinajstić information content (AvgIpc) is 2.08. The Hall–Kier alpha value is -0.610. The number of pyridine rings is 1. The predicted octanol–water partition coefficient (Wildman–Crippen LogP) is 2.26. The summed E-state index contributed by atoms with van der Waals surface area (Å²) in [7, 11) is 0. The van der Waals surface area contributed by atoms with Crippen LogP contribution in [-0.2, 0) is 0 Å². The Bertz CT molecular complexity index is 289. The molecule has 1 aromatic heterocycles. The number of rotatable bonds is 3. The molecule has 1 heterocycles. The summed E-state index contributed by atoms with van der Waals surface area (Å²) < 4.78 is 6.26. The molecule has 0 aliphatic carbocycles. The van der Waals surface area contributed by atoms with Gasteiger partial charge in [-0.1, -0.05) is 0 Å². The van der Waals surface area contributed by atoms with Crippen LogP contribution < -0.4 is 10.5 Å². The summed E-state index contributed by atoms with van der Waals surface area (Å²) in [6, 6.07) is 1.87. The van der Waals surface area contributed by atoms with Gasteiger partial charge in [0.05, 0.1) is 6.61 Å². The second-order valence-corrected chi connectivity index (χ2v) is 3.69. The maximum Gasteiger partial charge on any atom is 0.218 e. The normalized spacial score (nSPS) is 12.6. The molecule has 1 aromatic rings. The Labute approximate surface area is 86.4 Å². The van der Waals surface area contributed by atoms with Crippen LogP contribution in [0.25, 0.3) is 0 Å².